The van der Waals surface area contributed by atoms with E-state index in [1.165, 1.54) is 5.56 Å². The van der Waals surface area contributed by atoms with Crippen molar-refractivity contribution in [2.45, 2.75) is 38.5 Å². The predicted octanol–water partition coefficient (Wildman–Crippen LogP) is 3.17. The van der Waals surface area contributed by atoms with Gasteiger partial charge in [0.1, 0.15) is 0 Å². The van der Waals surface area contributed by atoms with Gasteiger partial charge in [-0.1, -0.05) is 23.7 Å². The molecular weight excluding hydrogens is 222 g/mol. The van der Waals surface area contributed by atoms with Gasteiger partial charge in [-0.2, -0.15) is 0 Å². The van der Waals surface area contributed by atoms with Crippen LogP contribution >= 0.6 is 11.6 Å². The quantitative estimate of drug-likeness (QED) is 0.813. The normalized spacial score (nSPS) is 29.0. The lowest BCUT2D eigenvalue weighted by molar-refractivity contribution is -0.114. The Hall–Kier alpha value is -0.570. The molecule has 2 rings (SSSR count). The van der Waals surface area contributed by atoms with Gasteiger partial charge >= 0.3 is 0 Å². The molecule has 0 aromatic heterocycles. The van der Waals surface area contributed by atoms with Gasteiger partial charge in [0.25, 0.3) is 0 Å². The predicted molar refractivity (Wildman–Crippen MR) is 66.8 cm³/mol. The minimum Gasteiger partial charge on any atom is -0.365 e. The molecule has 1 aromatic rings. The molecule has 1 aliphatic rings. The standard InChI is InChI=1S/C13H18ClNO/c1-9-12(16-13(2,3)8-15-9)10-4-6-11(14)7-5-10/h4-7,9,12,15H,8H2,1-3H3. The number of halogens is 1. The van der Waals surface area contributed by atoms with Gasteiger partial charge in [0.15, 0.2) is 0 Å². The van der Waals surface area contributed by atoms with Crippen molar-refractivity contribution in [2.75, 3.05) is 6.54 Å². The fourth-order valence-corrected chi connectivity index (χ4v) is 2.14. The van der Waals surface area contributed by atoms with E-state index in [0.717, 1.165) is 11.6 Å². The summed E-state index contributed by atoms with van der Waals surface area (Å²) in [5.41, 5.74) is 1.06. The van der Waals surface area contributed by atoms with Crippen LogP contribution in [-0.2, 0) is 4.74 Å². The van der Waals surface area contributed by atoms with Gasteiger partial charge in [0.2, 0.25) is 0 Å². The molecule has 1 aliphatic heterocycles. The second-order valence-corrected chi connectivity index (χ2v) is 5.46. The summed E-state index contributed by atoms with van der Waals surface area (Å²) in [5, 5.41) is 4.24. The number of morpholine rings is 1. The third kappa shape index (κ3) is 2.57. The molecule has 3 heteroatoms. The van der Waals surface area contributed by atoms with E-state index in [2.05, 4.69) is 26.1 Å². The molecule has 1 fully saturated rings. The lowest BCUT2D eigenvalue weighted by Crippen LogP contribution is -2.51. The summed E-state index contributed by atoms with van der Waals surface area (Å²) in [4.78, 5) is 0. The molecule has 88 valence electrons. The van der Waals surface area contributed by atoms with Gasteiger partial charge < -0.3 is 10.1 Å². The van der Waals surface area contributed by atoms with Crippen LogP contribution in [0.15, 0.2) is 24.3 Å². The van der Waals surface area contributed by atoms with Crippen LogP contribution in [0.1, 0.15) is 32.4 Å². The Labute approximate surface area is 102 Å². The van der Waals surface area contributed by atoms with E-state index < -0.39 is 0 Å². The molecule has 0 amide bonds. The molecule has 1 N–H and O–H groups in total. The number of hydrogen-bond acceptors (Lipinski definition) is 2. The Morgan fingerprint density at radius 1 is 1.31 bits per heavy atom. The van der Waals surface area contributed by atoms with Crippen molar-refractivity contribution in [1.29, 1.82) is 0 Å². The van der Waals surface area contributed by atoms with Crippen LogP contribution in [0, 0.1) is 0 Å². The molecule has 1 aromatic carbocycles. The van der Waals surface area contributed by atoms with Crippen LogP contribution in [0.2, 0.25) is 5.02 Å². The molecule has 0 saturated carbocycles. The fraction of sp³-hybridized carbons (Fsp3) is 0.538. The highest BCUT2D eigenvalue weighted by Gasteiger charge is 2.33. The lowest BCUT2D eigenvalue weighted by Gasteiger charge is -2.41. The van der Waals surface area contributed by atoms with Crippen molar-refractivity contribution in [1.82, 2.24) is 5.32 Å². The van der Waals surface area contributed by atoms with Gasteiger partial charge in [0.05, 0.1) is 11.7 Å². The Kier molecular flexibility index (Phi) is 3.24. The van der Waals surface area contributed by atoms with E-state index in [4.69, 9.17) is 16.3 Å². The van der Waals surface area contributed by atoms with Gasteiger partial charge in [-0.05, 0) is 38.5 Å². The summed E-state index contributed by atoms with van der Waals surface area (Å²) in [6.45, 7) is 7.25. The van der Waals surface area contributed by atoms with Gasteiger partial charge in [-0.15, -0.1) is 0 Å². The Bertz CT molecular complexity index is 361. The first-order valence-corrected chi connectivity index (χ1v) is 6.02. The zero-order chi connectivity index (χ0) is 11.8. The Morgan fingerprint density at radius 3 is 2.56 bits per heavy atom. The summed E-state index contributed by atoms with van der Waals surface area (Å²) >= 11 is 5.89. The molecule has 0 spiro atoms. The van der Waals surface area contributed by atoms with E-state index in [0.29, 0.717) is 6.04 Å². The molecule has 0 bridgehead atoms. The van der Waals surface area contributed by atoms with Crippen molar-refractivity contribution in [3.05, 3.63) is 34.9 Å². The van der Waals surface area contributed by atoms with Crippen molar-refractivity contribution >= 4 is 11.6 Å². The molecule has 2 unspecified atom stereocenters. The number of benzene rings is 1. The summed E-state index contributed by atoms with van der Waals surface area (Å²) in [7, 11) is 0. The highest BCUT2D eigenvalue weighted by molar-refractivity contribution is 6.30. The number of rotatable bonds is 1. The van der Waals surface area contributed by atoms with Crippen molar-refractivity contribution in [3.8, 4) is 0 Å². The maximum atomic E-state index is 6.11. The van der Waals surface area contributed by atoms with E-state index in [9.17, 15) is 0 Å². The van der Waals surface area contributed by atoms with Crippen LogP contribution in [0.3, 0.4) is 0 Å². The maximum absolute atomic E-state index is 6.11. The van der Waals surface area contributed by atoms with Crippen molar-refractivity contribution in [3.63, 3.8) is 0 Å². The third-order valence-electron chi connectivity index (χ3n) is 2.95. The van der Waals surface area contributed by atoms with Crippen molar-refractivity contribution in [2.24, 2.45) is 0 Å². The van der Waals surface area contributed by atoms with Crippen LogP contribution in [-0.4, -0.2) is 18.2 Å². The molecule has 2 atom stereocenters. The summed E-state index contributed by atoms with van der Waals surface area (Å²) in [5.74, 6) is 0. The average Bonchev–Trinajstić information content (AvgIpc) is 2.23. The van der Waals surface area contributed by atoms with E-state index in [1.807, 2.05) is 24.3 Å². The highest BCUT2D eigenvalue weighted by atomic mass is 35.5. The van der Waals surface area contributed by atoms with Gasteiger partial charge in [-0.25, -0.2) is 0 Å². The minimum atomic E-state index is -0.114. The summed E-state index contributed by atoms with van der Waals surface area (Å²) in [6.07, 6.45) is 0.0982. The molecule has 1 heterocycles. The van der Waals surface area contributed by atoms with Gasteiger partial charge in [-0.3, -0.25) is 0 Å². The van der Waals surface area contributed by atoms with E-state index in [-0.39, 0.29) is 11.7 Å². The zero-order valence-electron chi connectivity index (χ0n) is 9.96. The minimum absolute atomic E-state index is 0.0982. The van der Waals surface area contributed by atoms with Crippen LogP contribution in [0.5, 0.6) is 0 Å². The second kappa shape index (κ2) is 4.36. The van der Waals surface area contributed by atoms with Crippen LogP contribution < -0.4 is 5.32 Å². The SMILES string of the molecule is CC1NCC(C)(C)OC1c1ccc(Cl)cc1. The molecule has 1 saturated heterocycles. The molecular formula is C13H18ClNO. The van der Waals surface area contributed by atoms with Gasteiger partial charge in [0, 0.05) is 17.6 Å². The maximum Gasteiger partial charge on any atom is 0.0983 e. The topological polar surface area (TPSA) is 21.3 Å². The third-order valence-corrected chi connectivity index (χ3v) is 3.20. The van der Waals surface area contributed by atoms with Crippen LogP contribution in [0.4, 0.5) is 0 Å². The Balaban J connectivity index is 2.21. The first-order valence-electron chi connectivity index (χ1n) is 5.65. The first-order chi connectivity index (χ1) is 7.48. The van der Waals surface area contributed by atoms with E-state index >= 15 is 0 Å². The lowest BCUT2D eigenvalue weighted by atomic mass is 9.97. The van der Waals surface area contributed by atoms with Crippen molar-refractivity contribution < 1.29 is 4.74 Å². The number of ether oxygens (including phenoxy) is 1. The average molecular weight is 240 g/mol. The zero-order valence-corrected chi connectivity index (χ0v) is 10.7. The molecule has 0 aliphatic carbocycles. The summed E-state index contributed by atoms with van der Waals surface area (Å²) in [6, 6.07) is 8.22. The molecule has 16 heavy (non-hydrogen) atoms. The monoisotopic (exact) mass is 239 g/mol. The Morgan fingerprint density at radius 2 is 1.94 bits per heavy atom. The van der Waals surface area contributed by atoms with E-state index in [1.54, 1.807) is 0 Å². The fourth-order valence-electron chi connectivity index (χ4n) is 2.01. The second-order valence-electron chi connectivity index (χ2n) is 5.02. The highest BCUT2D eigenvalue weighted by Crippen LogP contribution is 2.31. The van der Waals surface area contributed by atoms with Crippen LogP contribution in [0.25, 0.3) is 0 Å². The number of nitrogens with one attached hydrogen (secondary N) is 1. The number of hydrogen-bond donors (Lipinski definition) is 1. The molecule has 0 radical (unpaired) electrons. The first kappa shape index (κ1) is 11.9. The molecule has 2 nitrogen and oxygen atoms in total. The summed E-state index contributed by atoms with van der Waals surface area (Å²) < 4.78 is 6.11. The largest absolute Gasteiger partial charge is 0.365 e. The smallest absolute Gasteiger partial charge is 0.0983 e.